The number of hydrogen-bond donors (Lipinski definition) is 0. The van der Waals surface area contributed by atoms with Gasteiger partial charge >= 0.3 is 0 Å². The first-order valence-corrected chi connectivity index (χ1v) is 10.5. The van der Waals surface area contributed by atoms with Gasteiger partial charge in [-0.1, -0.05) is 23.5 Å². The molecule has 4 rings (SSSR count). The molecule has 0 unspecified atom stereocenters. The minimum Gasteiger partial charge on any atom is -0.493 e. The summed E-state index contributed by atoms with van der Waals surface area (Å²) in [5.74, 6) is 2.26. The molecule has 7 nitrogen and oxygen atoms in total. The van der Waals surface area contributed by atoms with E-state index in [1.54, 1.807) is 38.5 Å². The van der Waals surface area contributed by atoms with E-state index >= 15 is 0 Å². The van der Waals surface area contributed by atoms with Crippen LogP contribution in [0.5, 0.6) is 23.0 Å². The van der Waals surface area contributed by atoms with Crippen molar-refractivity contribution in [3.8, 4) is 23.0 Å². The van der Waals surface area contributed by atoms with Gasteiger partial charge in [0.1, 0.15) is 13.2 Å². The van der Waals surface area contributed by atoms with E-state index in [1.165, 1.54) is 17.4 Å². The van der Waals surface area contributed by atoms with Crippen LogP contribution >= 0.6 is 11.3 Å². The quantitative estimate of drug-likeness (QED) is 0.432. The Kier molecular flexibility index (Phi) is 6.08. The SMILES string of the molecule is C=CCn1c(=NC(=O)C=Cc2ccc(OC)c(OC)c2)sc2cc3c(cc21)OCCO3. The maximum atomic E-state index is 12.6. The Bertz CT molecular complexity index is 1240. The van der Waals surface area contributed by atoms with Gasteiger partial charge in [0.2, 0.25) is 0 Å². The molecule has 1 aromatic heterocycles. The van der Waals surface area contributed by atoms with Crippen LogP contribution in [0, 0.1) is 0 Å². The van der Waals surface area contributed by atoms with Crippen molar-refractivity contribution in [2.75, 3.05) is 27.4 Å². The van der Waals surface area contributed by atoms with Crippen LogP contribution < -0.4 is 23.7 Å². The lowest BCUT2D eigenvalue weighted by Gasteiger charge is -2.18. The number of hydrogen-bond acceptors (Lipinski definition) is 6. The molecule has 0 fully saturated rings. The Balaban J connectivity index is 1.67. The highest BCUT2D eigenvalue weighted by Gasteiger charge is 2.16. The van der Waals surface area contributed by atoms with Crippen LogP contribution in [-0.2, 0) is 11.3 Å². The number of amides is 1. The first kappa shape index (κ1) is 20.7. The Hall–Kier alpha value is -3.52. The lowest BCUT2D eigenvalue weighted by Crippen LogP contribution is -2.17. The smallest absolute Gasteiger partial charge is 0.272 e. The number of nitrogens with zero attached hydrogens (tertiary/aromatic N) is 2. The largest absolute Gasteiger partial charge is 0.493 e. The topological polar surface area (TPSA) is 71.3 Å². The highest BCUT2D eigenvalue weighted by molar-refractivity contribution is 7.16. The zero-order valence-corrected chi connectivity index (χ0v) is 18.1. The lowest BCUT2D eigenvalue weighted by atomic mass is 10.2. The minimum atomic E-state index is -0.364. The molecule has 1 aliphatic heterocycles. The van der Waals surface area contributed by atoms with Crippen LogP contribution in [0.25, 0.3) is 16.3 Å². The fraction of sp³-hybridized carbons (Fsp3) is 0.217. The number of rotatable bonds is 6. The fourth-order valence-electron chi connectivity index (χ4n) is 3.25. The van der Waals surface area contributed by atoms with Gasteiger partial charge in [-0.3, -0.25) is 4.79 Å². The predicted molar refractivity (Wildman–Crippen MR) is 120 cm³/mol. The second kappa shape index (κ2) is 9.09. The van der Waals surface area contributed by atoms with Crippen molar-refractivity contribution in [3.05, 3.63) is 59.4 Å². The number of aromatic nitrogens is 1. The number of methoxy groups -OCH3 is 2. The van der Waals surface area contributed by atoms with E-state index in [-0.39, 0.29) is 5.91 Å². The van der Waals surface area contributed by atoms with E-state index in [0.29, 0.717) is 47.6 Å². The molecule has 0 N–H and O–H groups in total. The van der Waals surface area contributed by atoms with Gasteiger partial charge in [-0.05, 0) is 23.8 Å². The summed E-state index contributed by atoms with van der Waals surface area (Å²) in [5.41, 5.74) is 1.73. The molecular weight excluding hydrogens is 416 g/mol. The Morgan fingerprint density at radius 3 is 2.61 bits per heavy atom. The van der Waals surface area contributed by atoms with Crippen molar-refractivity contribution in [1.82, 2.24) is 4.57 Å². The lowest BCUT2D eigenvalue weighted by molar-refractivity contribution is -0.113. The summed E-state index contributed by atoms with van der Waals surface area (Å²) in [7, 11) is 3.15. The van der Waals surface area contributed by atoms with Gasteiger partial charge in [0.05, 0.1) is 24.4 Å². The molecule has 2 heterocycles. The highest BCUT2D eigenvalue weighted by atomic mass is 32.1. The summed E-state index contributed by atoms with van der Waals surface area (Å²) >= 11 is 1.42. The van der Waals surface area contributed by atoms with Gasteiger partial charge in [-0.15, -0.1) is 6.58 Å². The van der Waals surface area contributed by atoms with Gasteiger partial charge < -0.3 is 23.5 Å². The Morgan fingerprint density at radius 2 is 1.90 bits per heavy atom. The van der Waals surface area contributed by atoms with E-state index < -0.39 is 0 Å². The Morgan fingerprint density at radius 1 is 1.16 bits per heavy atom. The summed E-state index contributed by atoms with van der Waals surface area (Å²) in [6.07, 6.45) is 4.90. The first-order valence-electron chi connectivity index (χ1n) is 9.65. The molecule has 0 saturated carbocycles. The zero-order valence-electron chi connectivity index (χ0n) is 17.3. The molecule has 2 aromatic carbocycles. The predicted octanol–water partition coefficient (Wildman–Crippen LogP) is 3.82. The zero-order chi connectivity index (χ0) is 21.8. The third kappa shape index (κ3) is 4.34. The van der Waals surface area contributed by atoms with E-state index in [2.05, 4.69) is 11.6 Å². The van der Waals surface area contributed by atoms with Gasteiger partial charge in [0.15, 0.2) is 27.8 Å². The normalized spacial score (nSPS) is 13.5. The summed E-state index contributed by atoms with van der Waals surface area (Å²) in [6.45, 7) is 5.38. The van der Waals surface area contributed by atoms with Gasteiger partial charge in [-0.25, -0.2) is 0 Å². The molecule has 0 aliphatic carbocycles. The van der Waals surface area contributed by atoms with Crippen LogP contribution in [0.3, 0.4) is 0 Å². The number of carbonyl (C=O) groups excluding carboxylic acids is 1. The molecule has 0 radical (unpaired) electrons. The van der Waals surface area contributed by atoms with E-state index in [4.69, 9.17) is 18.9 Å². The second-order valence-corrected chi connectivity index (χ2v) is 7.65. The summed E-state index contributed by atoms with van der Waals surface area (Å²) < 4.78 is 24.8. The standard InChI is InChI=1S/C23H22N2O5S/c1-4-9-25-16-13-19-20(30-11-10-29-19)14-21(16)31-23(25)24-22(26)8-6-15-5-7-17(27-2)18(12-15)28-3/h4-8,12-14H,1,9-11H2,2-3H3. The minimum absolute atomic E-state index is 0.364. The van der Waals surface area contributed by atoms with Crippen LogP contribution in [0.4, 0.5) is 0 Å². The average molecular weight is 439 g/mol. The number of allylic oxidation sites excluding steroid dienone is 1. The molecule has 8 heteroatoms. The van der Waals surface area contributed by atoms with Crippen molar-refractivity contribution < 1.29 is 23.7 Å². The maximum absolute atomic E-state index is 12.6. The monoisotopic (exact) mass is 438 g/mol. The maximum Gasteiger partial charge on any atom is 0.272 e. The second-order valence-electron chi connectivity index (χ2n) is 6.65. The van der Waals surface area contributed by atoms with E-state index in [1.807, 2.05) is 22.8 Å². The molecule has 0 bridgehead atoms. The number of fused-ring (bicyclic) bond motifs is 2. The van der Waals surface area contributed by atoms with Crippen molar-refractivity contribution in [2.24, 2.45) is 4.99 Å². The van der Waals surface area contributed by atoms with Gasteiger partial charge in [0, 0.05) is 24.8 Å². The molecule has 1 amide bonds. The van der Waals surface area contributed by atoms with Crippen molar-refractivity contribution >= 4 is 33.5 Å². The van der Waals surface area contributed by atoms with Gasteiger partial charge in [0.25, 0.3) is 5.91 Å². The molecule has 0 spiro atoms. The van der Waals surface area contributed by atoms with E-state index in [0.717, 1.165) is 15.8 Å². The average Bonchev–Trinajstić information content (AvgIpc) is 3.11. The van der Waals surface area contributed by atoms with Crippen LogP contribution in [-0.4, -0.2) is 37.9 Å². The summed E-state index contributed by atoms with van der Waals surface area (Å²) in [4.78, 5) is 17.4. The Labute approximate surface area is 183 Å². The fourth-order valence-corrected chi connectivity index (χ4v) is 4.31. The highest BCUT2D eigenvalue weighted by Crippen LogP contribution is 2.35. The summed E-state index contributed by atoms with van der Waals surface area (Å²) in [5, 5.41) is 0. The summed E-state index contributed by atoms with van der Waals surface area (Å²) in [6, 6.07) is 9.28. The molecule has 160 valence electrons. The van der Waals surface area contributed by atoms with Crippen LogP contribution in [0.2, 0.25) is 0 Å². The molecule has 1 aliphatic rings. The molecule has 0 atom stereocenters. The number of benzene rings is 2. The van der Waals surface area contributed by atoms with Crippen molar-refractivity contribution in [2.45, 2.75) is 6.54 Å². The number of thiazole rings is 1. The third-order valence-corrected chi connectivity index (χ3v) is 5.73. The number of carbonyl (C=O) groups is 1. The molecule has 31 heavy (non-hydrogen) atoms. The number of ether oxygens (including phenoxy) is 4. The van der Waals surface area contributed by atoms with Crippen molar-refractivity contribution in [3.63, 3.8) is 0 Å². The third-order valence-electron chi connectivity index (χ3n) is 4.69. The first-order chi connectivity index (χ1) is 15.1. The van der Waals surface area contributed by atoms with Gasteiger partial charge in [-0.2, -0.15) is 4.99 Å². The van der Waals surface area contributed by atoms with E-state index in [9.17, 15) is 4.79 Å². The molecule has 3 aromatic rings. The molecular formula is C23H22N2O5S. The van der Waals surface area contributed by atoms with Crippen LogP contribution in [0.1, 0.15) is 5.56 Å². The molecule has 0 saturated heterocycles. The van der Waals surface area contributed by atoms with Crippen molar-refractivity contribution in [1.29, 1.82) is 0 Å². The van der Waals surface area contributed by atoms with Crippen LogP contribution in [0.15, 0.2) is 54.1 Å².